The molecule has 1 heterocycles. The molecule has 0 unspecified atom stereocenters. The van der Waals surface area contributed by atoms with Gasteiger partial charge in [-0.2, -0.15) is 10.2 Å². The summed E-state index contributed by atoms with van der Waals surface area (Å²) in [6.07, 6.45) is 0. The van der Waals surface area contributed by atoms with Crippen molar-refractivity contribution in [3.05, 3.63) is 66.2 Å². The van der Waals surface area contributed by atoms with Crippen LogP contribution in [0.4, 0.5) is 11.4 Å². The Hall–Kier alpha value is -3.25. The molecule has 0 saturated heterocycles. The molecule has 0 radical (unpaired) electrons. The van der Waals surface area contributed by atoms with Gasteiger partial charge in [0.05, 0.1) is 21.6 Å². The van der Waals surface area contributed by atoms with E-state index >= 15 is 0 Å². The van der Waals surface area contributed by atoms with E-state index in [1.54, 1.807) is 41.7 Å². The molecule has 0 saturated carbocycles. The van der Waals surface area contributed by atoms with Crippen LogP contribution in [0.25, 0.3) is 20.8 Å². The molecule has 0 aliphatic carbocycles. The van der Waals surface area contributed by atoms with Crippen molar-refractivity contribution in [2.24, 2.45) is 10.2 Å². The summed E-state index contributed by atoms with van der Waals surface area (Å²) in [5.74, 6) is 0.435. The molecule has 3 aromatic carbocycles. The number of aromatic hydroxyl groups is 2. The summed E-state index contributed by atoms with van der Waals surface area (Å²) in [7, 11) is 0. The Bertz CT molecular complexity index is 1120. The van der Waals surface area contributed by atoms with Gasteiger partial charge < -0.3 is 10.2 Å². The second-order valence-electron chi connectivity index (χ2n) is 5.89. The first kappa shape index (κ1) is 16.2. The summed E-state index contributed by atoms with van der Waals surface area (Å²) in [5.41, 5.74) is 4.10. The maximum absolute atomic E-state index is 9.56. The monoisotopic (exact) mass is 361 g/mol. The molecule has 0 atom stereocenters. The standard InChI is InChI=1S/C20H15N3O2S/c1-12-10-15(24)6-8-17(12)23-22-14-4-2-13(3-5-14)20-21-18-11-16(25)7-9-19(18)26-20/h2-11,24-25H,1H3. The summed E-state index contributed by atoms with van der Waals surface area (Å²) in [4.78, 5) is 4.57. The third-order valence-electron chi connectivity index (χ3n) is 3.94. The van der Waals surface area contributed by atoms with Crippen molar-refractivity contribution in [3.8, 4) is 22.1 Å². The number of hydrogen-bond acceptors (Lipinski definition) is 6. The van der Waals surface area contributed by atoms with Crippen molar-refractivity contribution in [1.82, 2.24) is 4.98 Å². The SMILES string of the molecule is Cc1cc(O)ccc1N=Nc1ccc(-c2nc3cc(O)ccc3s2)cc1. The Labute approximate surface area is 153 Å². The minimum Gasteiger partial charge on any atom is -0.508 e. The minimum absolute atomic E-state index is 0.217. The van der Waals surface area contributed by atoms with Crippen LogP contribution < -0.4 is 0 Å². The molecule has 4 rings (SSSR count). The van der Waals surface area contributed by atoms with Crippen LogP contribution in [0.2, 0.25) is 0 Å². The predicted molar refractivity (Wildman–Crippen MR) is 104 cm³/mol. The molecule has 128 valence electrons. The lowest BCUT2D eigenvalue weighted by atomic mass is 10.2. The smallest absolute Gasteiger partial charge is 0.124 e. The van der Waals surface area contributed by atoms with Crippen LogP contribution in [-0.4, -0.2) is 15.2 Å². The van der Waals surface area contributed by atoms with Crippen molar-refractivity contribution < 1.29 is 10.2 Å². The lowest BCUT2D eigenvalue weighted by molar-refractivity contribution is 0.474. The maximum atomic E-state index is 9.56. The van der Waals surface area contributed by atoms with E-state index in [9.17, 15) is 10.2 Å². The van der Waals surface area contributed by atoms with Gasteiger partial charge in [-0.25, -0.2) is 4.98 Å². The number of fused-ring (bicyclic) bond motifs is 1. The van der Waals surface area contributed by atoms with Crippen LogP contribution in [0, 0.1) is 6.92 Å². The van der Waals surface area contributed by atoms with Crippen molar-refractivity contribution in [2.45, 2.75) is 6.92 Å². The average Bonchev–Trinajstić information content (AvgIpc) is 3.04. The van der Waals surface area contributed by atoms with Gasteiger partial charge in [0.1, 0.15) is 16.5 Å². The van der Waals surface area contributed by atoms with E-state index in [0.29, 0.717) is 0 Å². The lowest BCUT2D eigenvalue weighted by Crippen LogP contribution is -1.75. The van der Waals surface area contributed by atoms with Gasteiger partial charge in [-0.05, 0) is 67.1 Å². The Kier molecular flexibility index (Phi) is 4.10. The van der Waals surface area contributed by atoms with E-state index in [1.165, 1.54) is 0 Å². The first-order valence-corrected chi connectivity index (χ1v) is 8.81. The molecular weight excluding hydrogens is 346 g/mol. The summed E-state index contributed by atoms with van der Waals surface area (Å²) < 4.78 is 1.03. The molecule has 0 amide bonds. The molecule has 0 spiro atoms. The van der Waals surface area contributed by atoms with Crippen LogP contribution in [0.5, 0.6) is 11.5 Å². The highest BCUT2D eigenvalue weighted by atomic mass is 32.1. The average molecular weight is 361 g/mol. The minimum atomic E-state index is 0.217. The zero-order valence-corrected chi connectivity index (χ0v) is 14.7. The third-order valence-corrected chi connectivity index (χ3v) is 5.02. The summed E-state index contributed by atoms with van der Waals surface area (Å²) in [6.45, 7) is 1.88. The van der Waals surface area contributed by atoms with Gasteiger partial charge in [-0.3, -0.25) is 0 Å². The van der Waals surface area contributed by atoms with E-state index < -0.39 is 0 Å². The fourth-order valence-electron chi connectivity index (χ4n) is 2.57. The summed E-state index contributed by atoms with van der Waals surface area (Å²) in [6, 6.07) is 17.9. The van der Waals surface area contributed by atoms with Crippen LogP contribution >= 0.6 is 11.3 Å². The molecule has 0 aliphatic rings. The second-order valence-corrected chi connectivity index (χ2v) is 6.92. The topological polar surface area (TPSA) is 78.1 Å². The highest BCUT2D eigenvalue weighted by Gasteiger charge is 2.07. The van der Waals surface area contributed by atoms with Crippen LogP contribution in [-0.2, 0) is 0 Å². The largest absolute Gasteiger partial charge is 0.508 e. The number of hydrogen-bond donors (Lipinski definition) is 2. The molecular formula is C20H15N3O2S. The molecule has 2 N–H and O–H groups in total. The van der Waals surface area contributed by atoms with Gasteiger partial charge in [0, 0.05) is 11.6 Å². The molecule has 26 heavy (non-hydrogen) atoms. The molecule has 0 bridgehead atoms. The van der Waals surface area contributed by atoms with Crippen molar-refractivity contribution in [3.63, 3.8) is 0 Å². The Morgan fingerprint density at radius 3 is 2.35 bits per heavy atom. The number of benzene rings is 3. The zero-order chi connectivity index (χ0) is 18.1. The first-order valence-electron chi connectivity index (χ1n) is 8.00. The van der Waals surface area contributed by atoms with E-state index in [2.05, 4.69) is 15.2 Å². The number of thiazole rings is 1. The first-order chi connectivity index (χ1) is 12.6. The highest BCUT2D eigenvalue weighted by Crippen LogP contribution is 2.33. The Balaban J connectivity index is 1.58. The number of rotatable bonds is 3. The van der Waals surface area contributed by atoms with Crippen molar-refractivity contribution in [2.75, 3.05) is 0 Å². The molecule has 6 heteroatoms. The Morgan fingerprint density at radius 2 is 1.58 bits per heavy atom. The van der Waals surface area contributed by atoms with Crippen molar-refractivity contribution >= 4 is 32.9 Å². The number of azo groups is 1. The van der Waals surface area contributed by atoms with Crippen LogP contribution in [0.15, 0.2) is 70.9 Å². The quantitative estimate of drug-likeness (QED) is 0.433. The molecule has 1 aromatic heterocycles. The highest BCUT2D eigenvalue weighted by molar-refractivity contribution is 7.21. The summed E-state index contributed by atoms with van der Waals surface area (Å²) in [5, 5.41) is 28.4. The number of phenols is 2. The fraction of sp³-hybridized carbons (Fsp3) is 0.0500. The van der Waals surface area contributed by atoms with E-state index in [0.717, 1.165) is 37.7 Å². The fourth-order valence-corrected chi connectivity index (χ4v) is 3.52. The number of nitrogens with zero attached hydrogens (tertiary/aromatic N) is 3. The maximum Gasteiger partial charge on any atom is 0.124 e. The lowest BCUT2D eigenvalue weighted by Gasteiger charge is -2.00. The predicted octanol–water partition coefficient (Wildman–Crippen LogP) is 6.10. The normalized spacial score (nSPS) is 11.4. The molecule has 5 nitrogen and oxygen atoms in total. The second kappa shape index (κ2) is 6.57. The summed E-state index contributed by atoms with van der Waals surface area (Å²) >= 11 is 1.58. The zero-order valence-electron chi connectivity index (χ0n) is 13.9. The van der Waals surface area contributed by atoms with E-state index in [1.807, 2.05) is 37.3 Å². The van der Waals surface area contributed by atoms with Gasteiger partial charge in [-0.1, -0.05) is 0 Å². The van der Waals surface area contributed by atoms with Gasteiger partial charge in [0.25, 0.3) is 0 Å². The number of aromatic nitrogens is 1. The Morgan fingerprint density at radius 1 is 0.846 bits per heavy atom. The molecule has 4 aromatic rings. The molecule has 0 fully saturated rings. The number of phenolic OH excluding ortho intramolecular Hbond substituents is 2. The van der Waals surface area contributed by atoms with Gasteiger partial charge >= 0.3 is 0 Å². The van der Waals surface area contributed by atoms with Crippen molar-refractivity contribution in [1.29, 1.82) is 0 Å². The van der Waals surface area contributed by atoms with Gasteiger partial charge in [0.15, 0.2) is 0 Å². The third kappa shape index (κ3) is 3.27. The van der Waals surface area contributed by atoms with E-state index in [-0.39, 0.29) is 11.5 Å². The van der Waals surface area contributed by atoms with Gasteiger partial charge in [0.2, 0.25) is 0 Å². The van der Waals surface area contributed by atoms with E-state index in [4.69, 9.17) is 0 Å². The molecule has 0 aliphatic heterocycles. The van der Waals surface area contributed by atoms with Crippen LogP contribution in [0.1, 0.15) is 5.56 Å². The van der Waals surface area contributed by atoms with Crippen LogP contribution in [0.3, 0.4) is 0 Å². The number of aryl methyl sites for hydroxylation is 1. The van der Waals surface area contributed by atoms with Gasteiger partial charge in [-0.15, -0.1) is 11.3 Å².